The topological polar surface area (TPSA) is 3.24 Å². The van der Waals surface area contributed by atoms with Gasteiger partial charge in [-0.2, -0.15) is 0 Å². The number of hydrogen-bond donors (Lipinski definition) is 0. The first-order valence-corrected chi connectivity index (χ1v) is 23.6. The maximum absolute atomic E-state index is 2.60. The molecule has 0 unspecified atom stereocenters. The van der Waals surface area contributed by atoms with Crippen molar-refractivity contribution in [2.45, 2.75) is 32.1 Å². The van der Waals surface area contributed by atoms with Gasteiger partial charge in [-0.1, -0.05) is 214 Å². The quantitative estimate of drug-likeness (QED) is 0.147. The molecule has 0 amide bonds. The van der Waals surface area contributed by atoms with Crippen molar-refractivity contribution < 1.29 is 0 Å². The van der Waals surface area contributed by atoms with Crippen LogP contribution in [0.15, 0.2) is 230 Å². The van der Waals surface area contributed by atoms with Crippen LogP contribution in [0.2, 0.25) is 0 Å². The van der Waals surface area contributed by atoms with Crippen molar-refractivity contribution in [3.05, 3.63) is 247 Å². The molecule has 0 spiro atoms. The summed E-state index contributed by atoms with van der Waals surface area (Å²) in [5.74, 6) is 0. The molecule has 10 aromatic rings. The lowest BCUT2D eigenvalue weighted by molar-refractivity contribution is 0.660. The van der Waals surface area contributed by atoms with Gasteiger partial charge in [-0.3, -0.25) is 0 Å². The first kappa shape index (κ1) is 39.1. The summed E-state index contributed by atoms with van der Waals surface area (Å²) in [5, 5.41) is 2.61. The molecular weight excluding hydrogens is 803 g/mol. The van der Waals surface area contributed by atoms with E-state index in [4.69, 9.17) is 0 Å². The lowest BCUT2D eigenvalue weighted by Gasteiger charge is -2.34. The van der Waals surface area contributed by atoms with Gasteiger partial charge in [0.1, 0.15) is 0 Å². The molecule has 0 N–H and O–H groups in total. The number of allylic oxidation sites excluding steroid dienone is 3. The predicted molar refractivity (Wildman–Crippen MR) is 279 cm³/mol. The van der Waals surface area contributed by atoms with E-state index < -0.39 is 0 Å². The maximum Gasteiger partial charge on any atom is 0.0540 e. The predicted octanol–water partition coefficient (Wildman–Crippen LogP) is 17.9. The molecule has 0 saturated heterocycles. The van der Waals surface area contributed by atoms with E-state index in [1.54, 1.807) is 0 Å². The van der Waals surface area contributed by atoms with Crippen LogP contribution in [0.5, 0.6) is 0 Å². The van der Waals surface area contributed by atoms with E-state index in [0.29, 0.717) is 0 Å². The highest BCUT2D eigenvalue weighted by Crippen LogP contribution is 2.54. The van der Waals surface area contributed by atoms with Crippen molar-refractivity contribution >= 4 is 48.5 Å². The maximum atomic E-state index is 2.60. The largest absolute Gasteiger partial charge is 0.309 e. The van der Waals surface area contributed by atoms with Crippen molar-refractivity contribution in [3.63, 3.8) is 0 Å². The van der Waals surface area contributed by atoms with Crippen molar-refractivity contribution in [3.8, 4) is 55.6 Å². The van der Waals surface area contributed by atoms with Gasteiger partial charge in [-0.05, 0) is 98.3 Å². The molecule has 0 fully saturated rings. The Balaban J connectivity index is 1.15. The van der Waals surface area contributed by atoms with Gasteiger partial charge in [0.05, 0.1) is 11.4 Å². The number of anilines is 2. The number of fused-ring (bicyclic) bond motifs is 6. The summed E-state index contributed by atoms with van der Waals surface area (Å²) in [6.45, 7) is 4.77. The van der Waals surface area contributed by atoms with E-state index in [0.717, 1.165) is 24.2 Å². The molecule has 9 aromatic carbocycles. The van der Waals surface area contributed by atoms with E-state index >= 15 is 0 Å². The number of benzene rings is 9. The highest BCUT2D eigenvalue weighted by Gasteiger charge is 2.38. The Bertz CT molecular complexity index is 3530. The minimum absolute atomic E-state index is 0.102. The summed E-state index contributed by atoms with van der Waals surface area (Å²) in [6.07, 6.45) is 6.70. The van der Waals surface area contributed by atoms with E-state index in [9.17, 15) is 0 Å². The summed E-state index contributed by atoms with van der Waals surface area (Å²) in [5.41, 5.74) is 21.3. The van der Waals surface area contributed by atoms with Crippen LogP contribution in [-0.4, -0.2) is 0 Å². The molecule has 0 bridgehead atoms. The number of nitrogens with zero attached hydrogens (tertiary/aromatic N) is 1. The smallest absolute Gasteiger partial charge is 0.0540 e. The van der Waals surface area contributed by atoms with Crippen LogP contribution < -0.4 is 4.90 Å². The average Bonchev–Trinajstić information content (AvgIpc) is 3.87. The fraction of sp³-hybridized carbons (Fsp3) is 0.0794. The van der Waals surface area contributed by atoms with Gasteiger partial charge in [0.2, 0.25) is 0 Å². The summed E-state index contributed by atoms with van der Waals surface area (Å²) in [6, 6.07) is 78.6. The third-order valence-electron chi connectivity index (χ3n) is 13.8. The Hall–Kier alpha value is -7.52. The zero-order valence-electron chi connectivity index (χ0n) is 36.6. The standard InChI is InChI=1S/C63H47NS/c1-63(2)55-36-15-10-32-54(55)61-51(33-21-37-56(61)63)48-29-12-17-39-58(48)64(59-40-18-13-30-49(59)52-34-20-35-53-50-31-14-19-41-60(50)65-62(52)53)57-38-16-11-28-47(57)46-27-9-8-26-45(46)44-25-7-6-24-43(44)42-22-4-3-5-23-42/h3-11,13-28,30-41H,12,29H2,1-2H3. The fourth-order valence-corrected chi connectivity index (χ4v) is 12.1. The number of thiophene rings is 1. The van der Waals surface area contributed by atoms with Crippen molar-refractivity contribution in [2.75, 3.05) is 4.90 Å². The Morgan fingerprint density at radius 2 is 0.923 bits per heavy atom. The van der Waals surface area contributed by atoms with E-state index in [2.05, 4.69) is 243 Å². The molecule has 2 aliphatic carbocycles. The monoisotopic (exact) mass is 849 g/mol. The molecule has 1 nitrogen and oxygen atoms in total. The normalized spacial score (nSPS) is 13.9. The van der Waals surface area contributed by atoms with E-state index in [-0.39, 0.29) is 5.41 Å². The highest BCUT2D eigenvalue weighted by atomic mass is 32.1. The van der Waals surface area contributed by atoms with E-state index in [1.165, 1.54) is 104 Å². The third kappa shape index (κ3) is 6.43. The Morgan fingerprint density at radius 3 is 1.68 bits per heavy atom. The van der Waals surface area contributed by atoms with Crippen LogP contribution in [-0.2, 0) is 5.41 Å². The van der Waals surface area contributed by atoms with Gasteiger partial charge < -0.3 is 4.90 Å². The van der Waals surface area contributed by atoms with Crippen LogP contribution in [0.1, 0.15) is 43.4 Å². The molecule has 0 radical (unpaired) electrons. The van der Waals surface area contributed by atoms with Gasteiger partial charge >= 0.3 is 0 Å². The highest BCUT2D eigenvalue weighted by molar-refractivity contribution is 7.26. The zero-order valence-corrected chi connectivity index (χ0v) is 37.4. The molecule has 65 heavy (non-hydrogen) atoms. The first-order valence-electron chi connectivity index (χ1n) is 22.8. The second-order valence-corrected chi connectivity index (χ2v) is 18.9. The van der Waals surface area contributed by atoms with Gasteiger partial charge in [0, 0.05) is 48.0 Å². The molecule has 12 rings (SSSR count). The lowest BCUT2D eigenvalue weighted by Crippen LogP contribution is -2.20. The summed E-state index contributed by atoms with van der Waals surface area (Å²) in [4.78, 5) is 2.60. The Labute approximate surface area is 385 Å². The number of para-hydroxylation sites is 2. The summed E-state index contributed by atoms with van der Waals surface area (Å²) >= 11 is 1.89. The van der Waals surface area contributed by atoms with E-state index in [1.807, 2.05) is 11.3 Å². The number of hydrogen-bond acceptors (Lipinski definition) is 2. The average molecular weight is 850 g/mol. The molecule has 0 aliphatic heterocycles. The van der Waals surface area contributed by atoms with Crippen LogP contribution in [0.4, 0.5) is 11.4 Å². The van der Waals surface area contributed by atoms with Crippen LogP contribution >= 0.6 is 11.3 Å². The molecule has 1 aromatic heterocycles. The second-order valence-electron chi connectivity index (χ2n) is 17.8. The minimum Gasteiger partial charge on any atom is -0.309 e. The van der Waals surface area contributed by atoms with Crippen molar-refractivity contribution in [2.24, 2.45) is 0 Å². The van der Waals surface area contributed by atoms with Crippen molar-refractivity contribution in [1.82, 2.24) is 0 Å². The summed E-state index contributed by atoms with van der Waals surface area (Å²) in [7, 11) is 0. The van der Waals surface area contributed by atoms with Gasteiger partial charge in [-0.25, -0.2) is 0 Å². The van der Waals surface area contributed by atoms with Crippen molar-refractivity contribution in [1.29, 1.82) is 0 Å². The molecule has 0 saturated carbocycles. The fourth-order valence-electron chi connectivity index (χ4n) is 10.8. The van der Waals surface area contributed by atoms with Crippen LogP contribution in [0.25, 0.3) is 81.4 Å². The zero-order chi connectivity index (χ0) is 43.5. The van der Waals surface area contributed by atoms with Gasteiger partial charge in [0.15, 0.2) is 0 Å². The van der Waals surface area contributed by atoms with Crippen LogP contribution in [0.3, 0.4) is 0 Å². The second kappa shape index (κ2) is 15.9. The molecule has 310 valence electrons. The minimum atomic E-state index is -0.102. The Morgan fingerprint density at radius 1 is 0.415 bits per heavy atom. The molecule has 2 aliphatic rings. The van der Waals surface area contributed by atoms with Crippen LogP contribution in [0, 0.1) is 0 Å². The number of rotatable bonds is 8. The first-order chi connectivity index (χ1) is 32.1. The Kier molecular flexibility index (Phi) is 9.58. The molecule has 2 heteroatoms. The summed E-state index contributed by atoms with van der Waals surface area (Å²) < 4.78 is 2.62. The van der Waals surface area contributed by atoms with Gasteiger partial charge in [0.25, 0.3) is 0 Å². The SMILES string of the molecule is CC1(C)c2ccccc2-c2c(C3=C(N(c4ccccc4-c4ccccc4-c4ccccc4-c4ccccc4)c4ccccc4-c4cccc5c4sc4ccccc45)C=CCC3)cccc21. The third-order valence-corrected chi connectivity index (χ3v) is 15.0. The lowest BCUT2D eigenvalue weighted by atomic mass is 9.81. The molecular formula is C63H47NS. The van der Waals surface area contributed by atoms with Gasteiger partial charge in [-0.15, -0.1) is 11.3 Å². The molecule has 1 heterocycles. The molecule has 0 atom stereocenters.